The Labute approximate surface area is 200 Å². The fourth-order valence-corrected chi connectivity index (χ4v) is 3.81. The molecule has 1 aliphatic carbocycles. The molecular formula is C23H40N4O7. The van der Waals surface area contributed by atoms with Gasteiger partial charge in [0.2, 0.25) is 17.7 Å². The van der Waals surface area contributed by atoms with E-state index in [0.29, 0.717) is 38.6 Å². The van der Waals surface area contributed by atoms with Gasteiger partial charge in [0.25, 0.3) is 0 Å². The third-order valence-corrected chi connectivity index (χ3v) is 5.97. The second-order valence-corrected chi connectivity index (χ2v) is 10.0. The van der Waals surface area contributed by atoms with E-state index in [2.05, 4.69) is 16.0 Å². The van der Waals surface area contributed by atoms with Crippen molar-refractivity contribution in [3.05, 3.63) is 0 Å². The molecule has 0 spiro atoms. The zero-order valence-corrected chi connectivity index (χ0v) is 20.8. The zero-order chi connectivity index (χ0) is 26.1. The van der Waals surface area contributed by atoms with E-state index < -0.39 is 48.0 Å². The Hall–Kier alpha value is -2.85. The van der Waals surface area contributed by atoms with E-state index in [0.717, 1.165) is 0 Å². The molecule has 0 aromatic heterocycles. The van der Waals surface area contributed by atoms with Gasteiger partial charge in [0.15, 0.2) is 0 Å². The Morgan fingerprint density at radius 2 is 1.65 bits per heavy atom. The van der Waals surface area contributed by atoms with Gasteiger partial charge in [-0.1, -0.05) is 20.3 Å². The van der Waals surface area contributed by atoms with Gasteiger partial charge in [-0.05, 0) is 58.3 Å². The van der Waals surface area contributed by atoms with Crippen LogP contribution in [-0.2, 0) is 23.9 Å². The molecule has 0 unspecified atom stereocenters. The highest BCUT2D eigenvalue weighted by Gasteiger charge is 2.32. The molecule has 1 aliphatic rings. The summed E-state index contributed by atoms with van der Waals surface area (Å²) in [5.41, 5.74) is 4.37. The molecule has 194 valence electrons. The van der Waals surface area contributed by atoms with E-state index >= 15 is 0 Å². The first-order valence-electron chi connectivity index (χ1n) is 11.8. The molecule has 0 saturated heterocycles. The minimum atomic E-state index is -1.34. The third kappa shape index (κ3) is 10.4. The summed E-state index contributed by atoms with van der Waals surface area (Å²) in [4.78, 5) is 59.6. The number of rotatable bonds is 11. The van der Waals surface area contributed by atoms with Crippen LogP contribution in [0.3, 0.4) is 0 Å². The van der Waals surface area contributed by atoms with E-state index in [-0.39, 0.29) is 23.7 Å². The molecule has 1 saturated carbocycles. The van der Waals surface area contributed by atoms with Crippen molar-refractivity contribution in [3.63, 3.8) is 0 Å². The largest absolute Gasteiger partial charge is 0.480 e. The van der Waals surface area contributed by atoms with Gasteiger partial charge in [0.05, 0.1) is 6.42 Å². The van der Waals surface area contributed by atoms with Gasteiger partial charge < -0.3 is 31.5 Å². The van der Waals surface area contributed by atoms with Crippen molar-refractivity contribution in [2.75, 3.05) is 6.54 Å². The number of amides is 4. The lowest BCUT2D eigenvalue weighted by atomic mass is 9.81. The SMILES string of the molecule is CC[C@H](C)[C@@H](NC(=O)OC(C)(C)C)C(=O)NCC1CCC(C(=O)N[C@H](CC(N)=O)C(=O)O)CC1. The molecule has 0 radical (unpaired) electrons. The number of alkyl carbamates (subject to hydrolysis) is 1. The molecule has 11 nitrogen and oxygen atoms in total. The topological polar surface area (TPSA) is 177 Å². The minimum absolute atomic E-state index is 0.0884. The fraction of sp³-hybridized carbons (Fsp3) is 0.783. The monoisotopic (exact) mass is 484 g/mol. The molecule has 1 fully saturated rings. The Bertz CT molecular complexity index is 742. The molecule has 1 rings (SSSR count). The van der Waals surface area contributed by atoms with Crippen LogP contribution in [0.5, 0.6) is 0 Å². The summed E-state index contributed by atoms with van der Waals surface area (Å²) in [6, 6.07) is -2.06. The normalized spacial score (nSPS) is 20.9. The molecule has 11 heteroatoms. The first kappa shape index (κ1) is 29.2. The van der Waals surface area contributed by atoms with Gasteiger partial charge in [-0.3, -0.25) is 14.4 Å². The molecule has 0 bridgehead atoms. The van der Waals surface area contributed by atoms with Crippen LogP contribution in [0.1, 0.15) is 73.1 Å². The maximum atomic E-state index is 12.8. The fourth-order valence-electron chi connectivity index (χ4n) is 3.81. The van der Waals surface area contributed by atoms with Gasteiger partial charge in [0, 0.05) is 12.5 Å². The number of carbonyl (C=O) groups excluding carboxylic acids is 4. The van der Waals surface area contributed by atoms with Crippen LogP contribution in [-0.4, -0.2) is 59.1 Å². The average molecular weight is 485 g/mol. The van der Waals surface area contributed by atoms with Crippen LogP contribution < -0.4 is 21.7 Å². The quantitative estimate of drug-likeness (QED) is 0.293. The summed E-state index contributed by atoms with van der Waals surface area (Å²) >= 11 is 0. The second kappa shape index (κ2) is 13.1. The van der Waals surface area contributed by atoms with Crippen molar-refractivity contribution in [2.24, 2.45) is 23.5 Å². The number of carboxylic acid groups (broad SMARTS) is 1. The second-order valence-electron chi connectivity index (χ2n) is 10.0. The average Bonchev–Trinajstić information content (AvgIpc) is 2.73. The Kier molecular flexibility index (Phi) is 11.3. The number of carboxylic acids is 1. The summed E-state index contributed by atoms with van der Waals surface area (Å²) in [5.74, 6) is -3.08. The summed E-state index contributed by atoms with van der Waals surface area (Å²) in [7, 11) is 0. The highest BCUT2D eigenvalue weighted by Crippen LogP contribution is 2.28. The Morgan fingerprint density at radius 1 is 1.06 bits per heavy atom. The van der Waals surface area contributed by atoms with Crippen LogP contribution in [0.25, 0.3) is 0 Å². The highest BCUT2D eigenvalue weighted by molar-refractivity contribution is 5.89. The van der Waals surface area contributed by atoms with E-state index in [4.69, 9.17) is 15.6 Å². The lowest BCUT2D eigenvalue weighted by molar-refractivity contribution is -0.144. The number of hydrogen-bond acceptors (Lipinski definition) is 6. The van der Waals surface area contributed by atoms with Gasteiger partial charge in [-0.2, -0.15) is 0 Å². The van der Waals surface area contributed by atoms with E-state index in [1.54, 1.807) is 20.8 Å². The molecule has 0 aliphatic heterocycles. The van der Waals surface area contributed by atoms with Gasteiger partial charge in [-0.15, -0.1) is 0 Å². The van der Waals surface area contributed by atoms with Crippen molar-refractivity contribution in [1.82, 2.24) is 16.0 Å². The van der Waals surface area contributed by atoms with Crippen molar-refractivity contribution in [3.8, 4) is 0 Å². The first-order valence-corrected chi connectivity index (χ1v) is 11.8. The van der Waals surface area contributed by atoms with Crippen molar-refractivity contribution in [2.45, 2.75) is 90.8 Å². The molecular weight excluding hydrogens is 444 g/mol. The summed E-state index contributed by atoms with van der Waals surface area (Å²) in [6.07, 6.45) is 2.04. The van der Waals surface area contributed by atoms with Crippen LogP contribution in [0.2, 0.25) is 0 Å². The Balaban J connectivity index is 2.55. The predicted molar refractivity (Wildman–Crippen MR) is 124 cm³/mol. The minimum Gasteiger partial charge on any atom is -0.480 e. The first-order chi connectivity index (χ1) is 15.7. The van der Waals surface area contributed by atoms with Gasteiger partial charge >= 0.3 is 12.1 Å². The summed E-state index contributed by atoms with van der Waals surface area (Å²) in [5, 5.41) is 17.1. The van der Waals surface area contributed by atoms with Crippen molar-refractivity contribution >= 4 is 29.8 Å². The predicted octanol–water partition coefficient (Wildman–Crippen LogP) is 1.29. The van der Waals surface area contributed by atoms with E-state index in [1.165, 1.54) is 0 Å². The number of nitrogens with one attached hydrogen (secondary N) is 3. The summed E-state index contributed by atoms with van der Waals surface area (Å²) in [6.45, 7) is 9.49. The van der Waals surface area contributed by atoms with Crippen LogP contribution in [0.15, 0.2) is 0 Å². The number of ether oxygens (including phenoxy) is 1. The molecule has 0 aromatic carbocycles. The number of nitrogens with two attached hydrogens (primary N) is 1. The van der Waals surface area contributed by atoms with Crippen molar-refractivity contribution in [1.29, 1.82) is 0 Å². The molecule has 0 heterocycles. The van der Waals surface area contributed by atoms with Gasteiger partial charge in [-0.25, -0.2) is 9.59 Å². The lowest BCUT2D eigenvalue weighted by Crippen LogP contribution is -2.52. The number of carbonyl (C=O) groups is 5. The van der Waals surface area contributed by atoms with E-state index in [1.807, 2.05) is 13.8 Å². The van der Waals surface area contributed by atoms with Gasteiger partial charge in [0.1, 0.15) is 17.7 Å². The van der Waals surface area contributed by atoms with E-state index in [9.17, 15) is 24.0 Å². The van der Waals surface area contributed by atoms with Crippen LogP contribution >= 0.6 is 0 Å². The lowest BCUT2D eigenvalue weighted by Gasteiger charge is -2.30. The zero-order valence-electron chi connectivity index (χ0n) is 20.8. The van der Waals surface area contributed by atoms with Crippen LogP contribution in [0.4, 0.5) is 4.79 Å². The van der Waals surface area contributed by atoms with Crippen LogP contribution in [0, 0.1) is 17.8 Å². The number of hydrogen-bond donors (Lipinski definition) is 5. The summed E-state index contributed by atoms with van der Waals surface area (Å²) < 4.78 is 5.27. The standard InChI is InChI=1S/C23H40N4O7/c1-6-13(2)18(27-22(33)34-23(3,4)5)20(30)25-12-14-7-9-15(10-8-14)19(29)26-16(21(31)32)11-17(24)28/h13-16,18H,6-12H2,1-5H3,(H2,24,28)(H,25,30)(H,26,29)(H,27,33)(H,31,32)/t13-,14?,15?,16+,18+/m0/s1. The number of primary amides is 1. The Morgan fingerprint density at radius 3 is 2.12 bits per heavy atom. The molecule has 4 amide bonds. The maximum absolute atomic E-state index is 12.8. The van der Waals surface area contributed by atoms with Crippen molar-refractivity contribution < 1.29 is 33.8 Å². The third-order valence-electron chi connectivity index (χ3n) is 5.97. The smallest absolute Gasteiger partial charge is 0.408 e. The number of aliphatic carboxylic acids is 1. The molecule has 6 N–H and O–H groups in total. The molecule has 0 aromatic rings. The maximum Gasteiger partial charge on any atom is 0.408 e. The molecule has 34 heavy (non-hydrogen) atoms. The molecule has 3 atom stereocenters. The highest BCUT2D eigenvalue weighted by atomic mass is 16.6.